The first kappa shape index (κ1) is 68.8. The summed E-state index contributed by atoms with van der Waals surface area (Å²) in [6.07, 6.45) is 8.12. The fourth-order valence-corrected chi connectivity index (χ4v) is 17.5. The normalized spacial score (nSPS) is 18.3. The van der Waals surface area contributed by atoms with Crippen LogP contribution in [0.3, 0.4) is 0 Å². The molecule has 2 amide bonds. The van der Waals surface area contributed by atoms with Gasteiger partial charge >= 0.3 is 5.97 Å². The van der Waals surface area contributed by atoms with Crippen LogP contribution in [0.2, 0.25) is 0 Å². The van der Waals surface area contributed by atoms with Gasteiger partial charge in [-0.3, -0.25) is 32.4 Å². The summed E-state index contributed by atoms with van der Waals surface area (Å²) >= 11 is 1.26. The highest BCUT2D eigenvalue weighted by Gasteiger charge is 2.47. The number of hydroxylamine groups is 2. The number of anilines is 1. The summed E-state index contributed by atoms with van der Waals surface area (Å²) in [5, 5.41) is 1.23. The quantitative estimate of drug-likeness (QED) is 0.0234. The van der Waals surface area contributed by atoms with E-state index < -0.39 is 111 Å². The highest BCUT2D eigenvalue weighted by atomic mass is 32.2. The molecule has 9 rings (SSSR count). The van der Waals surface area contributed by atoms with E-state index in [-0.39, 0.29) is 78.7 Å². The van der Waals surface area contributed by atoms with Crippen molar-refractivity contribution in [2.75, 3.05) is 43.1 Å². The monoisotopic (exact) mass is 1390 g/mol. The van der Waals surface area contributed by atoms with Crippen molar-refractivity contribution in [2.45, 2.75) is 121 Å². The minimum absolute atomic E-state index is 0.0202. The fourth-order valence-electron chi connectivity index (χ4n) is 12.2. The van der Waals surface area contributed by atoms with Gasteiger partial charge in [0.25, 0.3) is 62.4 Å². The Hall–Kier alpha value is -6.53. The summed E-state index contributed by atoms with van der Waals surface area (Å²) < 4.78 is 205. The average molecular weight is 1390 g/mol. The van der Waals surface area contributed by atoms with Gasteiger partial charge in [0.15, 0.2) is 5.71 Å². The second-order valence-corrected chi connectivity index (χ2v) is 33.7. The molecule has 1 fully saturated rings. The van der Waals surface area contributed by atoms with Crippen molar-refractivity contribution in [3.63, 3.8) is 0 Å². The third-order valence-corrected chi connectivity index (χ3v) is 23.7. The topological polar surface area (TPSA) is 379 Å². The van der Waals surface area contributed by atoms with E-state index in [9.17, 15) is 87.7 Å². The van der Waals surface area contributed by atoms with E-state index in [0.29, 0.717) is 84.9 Å². The minimum atomic E-state index is -5.11. The van der Waals surface area contributed by atoms with Crippen LogP contribution in [-0.2, 0) is 90.7 Å². The smallest absolute Gasteiger partial charge is 0.333 e. The number of sulfonamides is 1. The number of allylic oxidation sites excluding steroid dienone is 7. The molecule has 4 aliphatic rings. The summed E-state index contributed by atoms with van der Waals surface area (Å²) in [5.41, 5.74) is 2.46. The maximum atomic E-state index is 14.4. The van der Waals surface area contributed by atoms with Gasteiger partial charge in [-0.1, -0.05) is 56.0 Å². The Morgan fingerprint density at radius 1 is 0.648 bits per heavy atom. The predicted octanol–water partition coefficient (Wildman–Crippen LogP) is 8.07. The first-order valence-electron chi connectivity index (χ1n) is 28.3. The molecule has 3 heterocycles. The maximum absolute atomic E-state index is 14.4. The van der Waals surface area contributed by atoms with E-state index in [1.807, 2.05) is 37.0 Å². The molecular weight excluding hydrogens is 1330 g/mol. The number of amides is 2. The molecule has 25 nitrogen and oxygen atoms in total. The van der Waals surface area contributed by atoms with Crippen LogP contribution in [0.25, 0.3) is 21.5 Å². The van der Waals surface area contributed by atoms with Crippen LogP contribution in [0.4, 0.5) is 11.4 Å². The number of benzene rings is 5. The largest absolute Gasteiger partial charge is 0.344 e. The molecule has 32 heteroatoms. The van der Waals surface area contributed by atoms with Crippen LogP contribution >= 0.6 is 11.8 Å². The molecule has 1 saturated heterocycles. The molecule has 488 valence electrons. The van der Waals surface area contributed by atoms with Crippen molar-refractivity contribution >= 4 is 129 Å². The standard InChI is InChI=1S/C59H64N4O21S7/c1-58(2)50(61(31-9-33-86(67,68)69)46-24-22-42-44(55(46)58)13-7-14-48(42)88(73,74)60(5)30-8-15-54(66)84-63-52(64)28-29-53(63)65)26-16-37-11-6-12-38(57(37)85-39-18-20-40(21-19-39)89(75,76)77)17-27-51-59(3,4)56-45-35-41(90(78,79)80)36-49(91(81,82)83)43(45)23-25-47(56)62(51)32-10-34-87(70,71)72/h7,13-14,16-27,35-36H,6,8-12,15,28-34H2,1-5H3,(H4-,67,68,69,70,71,72,75,76,77,78,79,80,81,82,83)/p+1. The molecule has 5 N–H and O–H groups in total. The molecule has 0 saturated carbocycles. The van der Waals surface area contributed by atoms with Gasteiger partial charge in [0.05, 0.1) is 31.6 Å². The molecule has 0 aromatic heterocycles. The lowest BCUT2D eigenvalue weighted by Gasteiger charge is -2.27. The molecule has 91 heavy (non-hydrogen) atoms. The number of hydrogen-bond donors (Lipinski definition) is 5. The molecule has 0 spiro atoms. The molecule has 0 unspecified atom stereocenters. The summed E-state index contributed by atoms with van der Waals surface area (Å²) in [4.78, 5) is 42.5. The van der Waals surface area contributed by atoms with Gasteiger partial charge in [0.1, 0.15) is 11.4 Å². The van der Waals surface area contributed by atoms with Crippen molar-refractivity contribution in [3.8, 4) is 0 Å². The van der Waals surface area contributed by atoms with Gasteiger partial charge < -0.3 is 9.74 Å². The summed E-state index contributed by atoms with van der Waals surface area (Å²) in [6.45, 7) is 7.20. The first-order chi connectivity index (χ1) is 42.2. The highest BCUT2D eigenvalue weighted by molar-refractivity contribution is 8.03. The molecule has 3 aliphatic heterocycles. The number of fused-ring (bicyclic) bond motifs is 6. The van der Waals surface area contributed by atoms with Crippen molar-refractivity contribution in [1.82, 2.24) is 9.37 Å². The third kappa shape index (κ3) is 14.6. The average Bonchev–Trinajstić information content (AvgIpc) is 1.61. The number of imide groups is 1. The zero-order chi connectivity index (χ0) is 66.8. The molecule has 5 aromatic rings. The van der Waals surface area contributed by atoms with E-state index in [1.165, 1.54) is 61.3 Å². The maximum Gasteiger partial charge on any atom is 0.333 e. The number of rotatable bonds is 23. The molecular formula is C59H65N4O21S7+. The Balaban J connectivity index is 1.15. The highest BCUT2D eigenvalue weighted by Crippen LogP contribution is 2.53. The zero-order valence-electron chi connectivity index (χ0n) is 49.6. The van der Waals surface area contributed by atoms with E-state index in [4.69, 9.17) is 4.84 Å². The van der Waals surface area contributed by atoms with Crippen LogP contribution in [0.5, 0.6) is 0 Å². The number of carbonyl (C=O) groups excluding carboxylic acids is 3. The van der Waals surface area contributed by atoms with Crippen LogP contribution in [-0.4, -0.2) is 149 Å². The Morgan fingerprint density at radius 2 is 1.27 bits per heavy atom. The van der Waals surface area contributed by atoms with Gasteiger partial charge in [0.2, 0.25) is 15.7 Å². The Morgan fingerprint density at radius 3 is 1.90 bits per heavy atom. The van der Waals surface area contributed by atoms with E-state index >= 15 is 0 Å². The van der Waals surface area contributed by atoms with E-state index in [1.54, 1.807) is 48.8 Å². The Bertz CT molecular complexity index is 4770. The van der Waals surface area contributed by atoms with Crippen molar-refractivity contribution in [1.29, 1.82) is 0 Å². The van der Waals surface area contributed by atoms with Crippen molar-refractivity contribution < 1.29 is 97.1 Å². The molecule has 1 aliphatic carbocycles. The lowest BCUT2D eigenvalue weighted by molar-refractivity contribution is -0.437. The zero-order valence-corrected chi connectivity index (χ0v) is 55.3. The Labute approximate surface area is 531 Å². The van der Waals surface area contributed by atoms with Crippen molar-refractivity contribution in [3.05, 3.63) is 136 Å². The number of thioether (sulfide) groups is 1. The molecule has 0 bridgehead atoms. The third-order valence-electron chi connectivity index (χ3n) is 16.3. The number of carbonyl (C=O) groups is 3. The van der Waals surface area contributed by atoms with E-state index in [0.717, 1.165) is 21.5 Å². The van der Waals surface area contributed by atoms with Crippen LogP contribution in [0, 0.1) is 0 Å². The van der Waals surface area contributed by atoms with Gasteiger partial charge in [-0.25, -0.2) is 17.5 Å². The fraction of sp³-hybridized carbons (Fsp3) is 0.356. The molecule has 0 atom stereocenters. The van der Waals surface area contributed by atoms with Crippen LogP contribution in [0.15, 0.2) is 149 Å². The first-order valence-corrected chi connectivity index (χ1v) is 38.1. The number of nitrogens with zero attached hydrogens (tertiary/aromatic N) is 4. The van der Waals surface area contributed by atoms with Crippen LogP contribution < -0.4 is 4.90 Å². The van der Waals surface area contributed by atoms with Gasteiger partial charge in [-0.05, 0) is 134 Å². The van der Waals surface area contributed by atoms with Crippen LogP contribution in [0.1, 0.15) is 96.6 Å². The second-order valence-electron chi connectivity index (χ2n) is 23.3. The van der Waals surface area contributed by atoms with Gasteiger partial charge in [-0.2, -0.15) is 46.7 Å². The predicted molar refractivity (Wildman–Crippen MR) is 337 cm³/mol. The summed E-state index contributed by atoms with van der Waals surface area (Å²) in [6, 6.07) is 18.2. The number of hydrogen-bond acceptors (Lipinski definition) is 18. The lowest BCUT2D eigenvalue weighted by Crippen LogP contribution is -2.32. The Kier molecular flexibility index (Phi) is 19.2. The van der Waals surface area contributed by atoms with E-state index in [2.05, 4.69) is 0 Å². The van der Waals surface area contributed by atoms with Crippen molar-refractivity contribution in [2.24, 2.45) is 0 Å². The van der Waals surface area contributed by atoms with Gasteiger partial charge in [0, 0.05) is 101 Å². The lowest BCUT2D eigenvalue weighted by atomic mass is 9.78. The summed E-state index contributed by atoms with van der Waals surface area (Å²) in [5.74, 6) is -3.46. The molecule has 5 aromatic carbocycles. The van der Waals surface area contributed by atoms with Gasteiger partial charge in [-0.15, -0.1) is 5.06 Å². The second kappa shape index (κ2) is 25.4. The molecule has 0 radical (unpaired) electrons. The summed E-state index contributed by atoms with van der Waals surface area (Å²) in [7, 11) is -26.6. The minimum Gasteiger partial charge on any atom is -0.344 e. The SMILES string of the molecule is CN(CCCC(=O)ON1C(=O)CCC1=O)S(=O)(=O)c1cccc2c3c(ccc12)N(CCCS(=O)(=O)O)/C(=C/C=C1\CCCC(/C=C/C2=[N+](CCCS(=O)(=O)O)c4ccc5c(S(=O)(=O)O)cc(S(=O)(=O)O)cc5c4C2(C)C)=C1Sc1ccc(S(=O)(=O)O)cc1)C3(C)C.